The van der Waals surface area contributed by atoms with Crippen molar-refractivity contribution < 1.29 is 4.79 Å². The molecule has 0 bridgehead atoms. The normalized spacial score (nSPS) is 9.60. The number of benzene rings is 2. The first-order valence-corrected chi connectivity index (χ1v) is 6.03. The maximum absolute atomic E-state index is 11.9. The fourth-order valence-corrected chi connectivity index (χ4v) is 1.75. The van der Waals surface area contributed by atoms with Crippen LogP contribution in [-0.4, -0.2) is 6.03 Å². The molecule has 100 valence electrons. The Hall–Kier alpha value is -3.00. The molecule has 5 nitrogen and oxygen atoms in total. The van der Waals surface area contributed by atoms with Crippen LogP contribution in [0.3, 0.4) is 0 Å². The lowest BCUT2D eigenvalue weighted by Crippen LogP contribution is -2.20. The molecule has 0 spiro atoms. The second-order valence-electron chi connectivity index (χ2n) is 4.36. The number of amides is 2. The minimum absolute atomic E-state index is 0.350. The van der Waals surface area contributed by atoms with E-state index in [1.54, 1.807) is 18.2 Å². The maximum atomic E-state index is 11.9. The molecule has 0 heterocycles. The highest BCUT2D eigenvalue weighted by Gasteiger charge is 2.06. The highest BCUT2D eigenvalue weighted by atomic mass is 16.2. The molecule has 2 rings (SSSR count). The van der Waals surface area contributed by atoms with E-state index >= 15 is 0 Å². The molecule has 0 fully saturated rings. The van der Waals surface area contributed by atoms with Crippen molar-refractivity contribution in [2.24, 2.45) is 0 Å². The van der Waals surface area contributed by atoms with E-state index in [0.717, 1.165) is 5.56 Å². The number of rotatable bonds is 2. The average Bonchev–Trinajstić information content (AvgIpc) is 2.41. The summed E-state index contributed by atoms with van der Waals surface area (Å²) in [5, 5.41) is 14.1. The summed E-state index contributed by atoms with van der Waals surface area (Å²) in [5.74, 6) is 0. The number of hydrogen-bond acceptors (Lipinski definition) is 3. The van der Waals surface area contributed by atoms with Crippen molar-refractivity contribution in [3.63, 3.8) is 0 Å². The molecular weight excluding hydrogens is 252 g/mol. The first kappa shape index (κ1) is 13.4. The predicted octanol–water partition coefficient (Wildman–Crippen LogP) is 3.09. The summed E-state index contributed by atoms with van der Waals surface area (Å²) < 4.78 is 0. The summed E-state index contributed by atoms with van der Waals surface area (Å²) in [6, 6.07) is 13.8. The molecule has 0 aliphatic heterocycles. The Morgan fingerprint density at radius 1 is 1.20 bits per heavy atom. The molecule has 2 aromatic carbocycles. The van der Waals surface area contributed by atoms with E-state index in [0.29, 0.717) is 22.6 Å². The highest BCUT2D eigenvalue weighted by molar-refractivity contribution is 6.01. The van der Waals surface area contributed by atoms with Gasteiger partial charge < -0.3 is 16.4 Å². The lowest BCUT2D eigenvalue weighted by Gasteiger charge is -2.10. The zero-order valence-corrected chi connectivity index (χ0v) is 11.0. The fraction of sp³-hybridized carbons (Fsp3) is 0.0667. The van der Waals surface area contributed by atoms with Crippen molar-refractivity contribution in [1.29, 1.82) is 5.26 Å². The molecule has 0 aliphatic carbocycles. The Bertz CT molecular complexity index is 689. The number of nitrogens with zero attached hydrogens (tertiary/aromatic N) is 1. The molecule has 0 saturated carbocycles. The van der Waals surface area contributed by atoms with E-state index in [1.165, 1.54) is 6.07 Å². The number of hydrogen-bond donors (Lipinski definition) is 3. The lowest BCUT2D eigenvalue weighted by molar-refractivity contribution is 0.262. The molecule has 0 saturated heterocycles. The van der Waals surface area contributed by atoms with Gasteiger partial charge in [-0.1, -0.05) is 12.1 Å². The van der Waals surface area contributed by atoms with Gasteiger partial charge in [-0.3, -0.25) is 0 Å². The summed E-state index contributed by atoms with van der Waals surface area (Å²) in [4.78, 5) is 11.9. The standard InChI is InChI=1S/C15H14N4O/c1-10-3-2-4-12(7-10)18-15(20)19-14-6-5-11(9-16)8-13(14)17/h2-8H,17H2,1H3,(H2,18,19,20). The molecule has 0 atom stereocenters. The molecule has 0 aromatic heterocycles. The van der Waals surface area contributed by atoms with Crippen LogP contribution in [0.15, 0.2) is 42.5 Å². The van der Waals surface area contributed by atoms with Crippen LogP contribution in [0.5, 0.6) is 0 Å². The number of nitrogen functional groups attached to an aromatic ring is 1. The Morgan fingerprint density at radius 2 is 2.00 bits per heavy atom. The van der Waals surface area contributed by atoms with Gasteiger partial charge in [0.05, 0.1) is 23.0 Å². The molecule has 0 aliphatic rings. The molecule has 0 radical (unpaired) electrons. The van der Waals surface area contributed by atoms with Crippen LogP contribution in [0.2, 0.25) is 0 Å². The largest absolute Gasteiger partial charge is 0.397 e. The smallest absolute Gasteiger partial charge is 0.323 e. The van der Waals surface area contributed by atoms with Gasteiger partial charge >= 0.3 is 6.03 Å². The Labute approximate surface area is 117 Å². The first-order valence-electron chi connectivity index (χ1n) is 6.03. The van der Waals surface area contributed by atoms with Gasteiger partial charge in [-0.2, -0.15) is 5.26 Å². The van der Waals surface area contributed by atoms with Gasteiger partial charge in [0.2, 0.25) is 0 Å². The third kappa shape index (κ3) is 3.27. The highest BCUT2D eigenvalue weighted by Crippen LogP contribution is 2.20. The van der Waals surface area contributed by atoms with Gasteiger partial charge in [0.15, 0.2) is 0 Å². The number of nitriles is 1. The van der Waals surface area contributed by atoms with Crippen LogP contribution in [-0.2, 0) is 0 Å². The van der Waals surface area contributed by atoms with Crippen molar-refractivity contribution in [2.75, 3.05) is 16.4 Å². The fourth-order valence-electron chi connectivity index (χ4n) is 1.75. The maximum Gasteiger partial charge on any atom is 0.323 e. The molecule has 5 heteroatoms. The molecule has 20 heavy (non-hydrogen) atoms. The minimum Gasteiger partial charge on any atom is -0.397 e. The monoisotopic (exact) mass is 266 g/mol. The molecule has 2 aromatic rings. The number of nitrogens with one attached hydrogen (secondary N) is 2. The summed E-state index contributed by atoms with van der Waals surface area (Å²) in [5.41, 5.74) is 8.80. The van der Waals surface area contributed by atoms with Crippen LogP contribution in [0.1, 0.15) is 11.1 Å². The van der Waals surface area contributed by atoms with Gasteiger partial charge in [-0.05, 0) is 42.8 Å². The number of urea groups is 1. The van der Waals surface area contributed by atoms with Crippen LogP contribution in [0.25, 0.3) is 0 Å². The third-order valence-corrected chi connectivity index (χ3v) is 2.70. The van der Waals surface area contributed by atoms with Crippen molar-refractivity contribution in [3.8, 4) is 6.07 Å². The van der Waals surface area contributed by atoms with Crippen molar-refractivity contribution >= 4 is 23.1 Å². The number of carbonyl (C=O) groups is 1. The van der Waals surface area contributed by atoms with Crippen LogP contribution < -0.4 is 16.4 Å². The second-order valence-corrected chi connectivity index (χ2v) is 4.36. The van der Waals surface area contributed by atoms with Gasteiger partial charge in [-0.25, -0.2) is 4.79 Å². The number of aryl methyl sites for hydroxylation is 1. The lowest BCUT2D eigenvalue weighted by atomic mass is 10.2. The average molecular weight is 266 g/mol. The van der Waals surface area contributed by atoms with Crippen molar-refractivity contribution in [2.45, 2.75) is 6.92 Å². The van der Waals surface area contributed by atoms with E-state index in [9.17, 15) is 4.79 Å². The predicted molar refractivity (Wildman–Crippen MR) is 79.4 cm³/mol. The van der Waals surface area contributed by atoms with E-state index in [1.807, 2.05) is 31.2 Å². The molecule has 2 amide bonds. The van der Waals surface area contributed by atoms with E-state index in [4.69, 9.17) is 11.0 Å². The van der Waals surface area contributed by atoms with Crippen LogP contribution in [0, 0.1) is 18.3 Å². The van der Waals surface area contributed by atoms with Gasteiger partial charge in [-0.15, -0.1) is 0 Å². The molecule has 0 unspecified atom stereocenters. The van der Waals surface area contributed by atoms with E-state index in [-0.39, 0.29) is 6.03 Å². The van der Waals surface area contributed by atoms with Crippen molar-refractivity contribution in [3.05, 3.63) is 53.6 Å². The molecular formula is C15H14N4O. The Kier molecular flexibility index (Phi) is 3.87. The zero-order valence-electron chi connectivity index (χ0n) is 11.0. The van der Waals surface area contributed by atoms with Gasteiger partial charge in [0, 0.05) is 5.69 Å². The first-order chi connectivity index (χ1) is 9.58. The van der Waals surface area contributed by atoms with Crippen LogP contribution in [0.4, 0.5) is 21.9 Å². The van der Waals surface area contributed by atoms with Gasteiger partial charge in [0.1, 0.15) is 0 Å². The van der Waals surface area contributed by atoms with Gasteiger partial charge in [0.25, 0.3) is 0 Å². The SMILES string of the molecule is Cc1cccc(NC(=O)Nc2ccc(C#N)cc2N)c1. The minimum atomic E-state index is -0.382. The van der Waals surface area contributed by atoms with Crippen molar-refractivity contribution in [1.82, 2.24) is 0 Å². The van der Waals surface area contributed by atoms with Crippen LogP contribution >= 0.6 is 0 Å². The number of carbonyl (C=O) groups excluding carboxylic acids is 1. The Morgan fingerprint density at radius 3 is 2.65 bits per heavy atom. The summed E-state index contributed by atoms with van der Waals surface area (Å²) >= 11 is 0. The second kappa shape index (κ2) is 5.76. The zero-order chi connectivity index (χ0) is 14.5. The topological polar surface area (TPSA) is 90.9 Å². The summed E-state index contributed by atoms with van der Waals surface area (Å²) in [6.45, 7) is 1.95. The van der Waals surface area contributed by atoms with E-state index < -0.39 is 0 Å². The Balaban J connectivity index is 2.07. The summed E-state index contributed by atoms with van der Waals surface area (Å²) in [7, 11) is 0. The summed E-state index contributed by atoms with van der Waals surface area (Å²) in [6.07, 6.45) is 0. The number of nitrogens with two attached hydrogens (primary N) is 1. The van der Waals surface area contributed by atoms with E-state index in [2.05, 4.69) is 10.6 Å². The third-order valence-electron chi connectivity index (χ3n) is 2.70. The quantitative estimate of drug-likeness (QED) is 0.729. The molecule has 4 N–H and O–H groups in total. The number of anilines is 3.